The largest absolute Gasteiger partial charge is 0.340 e. The van der Waals surface area contributed by atoms with Crippen LogP contribution in [0.3, 0.4) is 0 Å². The van der Waals surface area contributed by atoms with E-state index >= 15 is 0 Å². The van der Waals surface area contributed by atoms with Crippen LogP contribution in [0.25, 0.3) is 0 Å². The minimum absolute atomic E-state index is 0.389. The lowest BCUT2D eigenvalue weighted by Gasteiger charge is -2.36. The molecule has 3 saturated heterocycles. The zero-order valence-electron chi connectivity index (χ0n) is 16.4. The second kappa shape index (κ2) is 9.33. The Bertz CT molecular complexity index is 406. The van der Waals surface area contributed by atoms with Crippen molar-refractivity contribution in [3.63, 3.8) is 0 Å². The molecule has 1 N–H and O–H groups in total. The van der Waals surface area contributed by atoms with E-state index < -0.39 is 0 Å². The number of rotatable bonds is 6. The number of likely N-dealkylation sites (tertiary alicyclic amines) is 1. The summed E-state index contributed by atoms with van der Waals surface area (Å²) in [6.07, 6.45) is 7.03. The topological polar surface area (TPSA) is 38.8 Å². The molecule has 3 heterocycles. The Morgan fingerprint density at radius 3 is 2.20 bits per heavy atom. The Hall–Kier alpha value is -0.650. The number of hydrogen-bond donors (Lipinski definition) is 1. The van der Waals surface area contributed by atoms with Crippen LogP contribution in [0.1, 0.15) is 52.4 Å². The SMILES string of the molecule is C[C@H]1CC[C@H](C)N1CCN1CCN(C(=O)CCC2CCNCC2)CC1. The molecule has 0 unspecified atom stereocenters. The molecule has 3 rings (SSSR count). The van der Waals surface area contributed by atoms with Crippen LogP contribution in [-0.2, 0) is 4.79 Å². The number of hydrogen-bond acceptors (Lipinski definition) is 4. The number of piperidine rings is 1. The summed E-state index contributed by atoms with van der Waals surface area (Å²) >= 11 is 0. The molecule has 3 aliphatic rings. The summed E-state index contributed by atoms with van der Waals surface area (Å²) in [6.45, 7) is 13.3. The zero-order valence-corrected chi connectivity index (χ0v) is 16.4. The average Bonchev–Trinajstić information content (AvgIpc) is 2.97. The highest BCUT2D eigenvalue weighted by Gasteiger charge is 2.28. The van der Waals surface area contributed by atoms with E-state index in [2.05, 4.69) is 33.9 Å². The van der Waals surface area contributed by atoms with E-state index in [1.165, 1.54) is 32.2 Å². The monoisotopic (exact) mass is 350 g/mol. The zero-order chi connectivity index (χ0) is 17.6. The fraction of sp³-hybridized carbons (Fsp3) is 0.950. The number of carbonyl (C=O) groups is 1. The minimum Gasteiger partial charge on any atom is -0.340 e. The normalized spacial score (nSPS) is 30.1. The van der Waals surface area contributed by atoms with Gasteiger partial charge in [-0.25, -0.2) is 0 Å². The minimum atomic E-state index is 0.389. The van der Waals surface area contributed by atoms with Gasteiger partial charge in [0.1, 0.15) is 0 Å². The molecule has 0 bridgehead atoms. The summed E-state index contributed by atoms with van der Waals surface area (Å²) in [5.74, 6) is 1.15. The smallest absolute Gasteiger partial charge is 0.222 e. The highest BCUT2D eigenvalue weighted by Crippen LogP contribution is 2.23. The van der Waals surface area contributed by atoms with Crippen LogP contribution in [-0.4, -0.2) is 85.0 Å². The van der Waals surface area contributed by atoms with Crippen molar-refractivity contribution >= 4 is 5.91 Å². The van der Waals surface area contributed by atoms with E-state index in [1.54, 1.807) is 0 Å². The van der Waals surface area contributed by atoms with Crippen molar-refractivity contribution in [2.75, 3.05) is 52.4 Å². The molecule has 144 valence electrons. The fourth-order valence-corrected chi connectivity index (χ4v) is 4.82. The average molecular weight is 351 g/mol. The van der Waals surface area contributed by atoms with Gasteiger partial charge in [-0.05, 0) is 65.0 Å². The molecule has 0 aliphatic carbocycles. The second-order valence-electron chi connectivity index (χ2n) is 8.47. The van der Waals surface area contributed by atoms with Crippen molar-refractivity contribution < 1.29 is 4.79 Å². The van der Waals surface area contributed by atoms with E-state index in [-0.39, 0.29) is 0 Å². The predicted octanol–water partition coefficient (Wildman–Crippen LogP) is 1.78. The van der Waals surface area contributed by atoms with Gasteiger partial charge in [-0.3, -0.25) is 14.6 Å². The summed E-state index contributed by atoms with van der Waals surface area (Å²) in [7, 11) is 0. The molecule has 0 aromatic rings. The van der Waals surface area contributed by atoms with Crippen LogP contribution in [0.5, 0.6) is 0 Å². The van der Waals surface area contributed by atoms with Gasteiger partial charge in [-0.15, -0.1) is 0 Å². The van der Waals surface area contributed by atoms with E-state index in [4.69, 9.17) is 0 Å². The van der Waals surface area contributed by atoms with E-state index in [1.807, 2.05) is 0 Å². The number of amides is 1. The number of piperazine rings is 1. The number of carbonyl (C=O) groups excluding carboxylic acids is 1. The van der Waals surface area contributed by atoms with Crippen molar-refractivity contribution in [2.45, 2.75) is 64.5 Å². The van der Waals surface area contributed by atoms with Gasteiger partial charge in [0, 0.05) is 57.8 Å². The van der Waals surface area contributed by atoms with Gasteiger partial charge in [0.15, 0.2) is 0 Å². The molecule has 1 amide bonds. The lowest BCUT2D eigenvalue weighted by atomic mass is 9.93. The Morgan fingerprint density at radius 2 is 1.56 bits per heavy atom. The molecule has 0 aromatic heterocycles. The van der Waals surface area contributed by atoms with Gasteiger partial charge < -0.3 is 10.2 Å². The van der Waals surface area contributed by atoms with Crippen LogP contribution in [0.15, 0.2) is 0 Å². The molecule has 25 heavy (non-hydrogen) atoms. The lowest BCUT2D eigenvalue weighted by molar-refractivity contribution is -0.133. The molecule has 3 fully saturated rings. The third-order valence-electron chi connectivity index (χ3n) is 6.76. The molecule has 0 saturated carbocycles. The molecule has 2 atom stereocenters. The van der Waals surface area contributed by atoms with Crippen molar-refractivity contribution in [2.24, 2.45) is 5.92 Å². The van der Waals surface area contributed by atoms with Crippen LogP contribution < -0.4 is 5.32 Å². The van der Waals surface area contributed by atoms with Gasteiger partial charge in [-0.1, -0.05) is 0 Å². The Labute approximate surface area is 154 Å². The molecule has 3 aliphatic heterocycles. The summed E-state index contributed by atoms with van der Waals surface area (Å²) < 4.78 is 0. The predicted molar refractivity (Wildman–Crippen MR) is 103 cm³/mol. The van der Waals surface area contributed by atoms with Crippen molar-refractivity contribution in [3.8, 4) is 0 Å². The van der Waals surface area contributed by atoms with Crippen molar-refractivity contribution in [1.29, 1.82) is 0 Å². The lowest BCUT2D eigenvalue weighted by Crippen LogP contribution is -2.50. The first-order chi connectivity index (χ1) is 12.1. The van der Waals surface area contributed by atoms with Crippen LogP contribution in [0.2, 0.25) is 0 Å². The number of nitrogens with zero attached hydrogens (tertiary/aromatic N) is 3. The molecular formula is C20H38N4O. The maximum Gasteiger partial charge on any atom is 0.222 e. The molecule has 0 spiro atoms. The molecule has 0 aromatic carbocycles. The highest BCUT2D eigenvalue weighted by molar-refractivity contribution is 5.76. The van der Waals surface area contributed by atoms with Gasteiger partial charge in [0.2, 0.25) is 5.91 Å². The third-order valence-corrected chi connectivity index (χ3v) is 6.76. The Morgan fingerprint density at radius 1 is 0.920 bits per heavy atom. The van der Waals surface area contributed by atoms with E-state index in [0.717, 1.165) is 76.7 Å². The summed E-state index contributed by atoms with van der Waals surface area (Å²) in [4.78, 5) is 19.8. The molecule has 5 heteroatoms. The van der Waals surface area contributed by atoms with E-state index in [0.29, 0.717) is 5.91 Å². The van der Waals surface area contributed by atoms with E-state index in [9.17, 15) is 4.79 Å². The van der Waals surface area contributed by atoms with Gasteiger partial charge in [0.25, 0.3) is 0 Å². The van der Waals surface area contributed by atoms with Crippen LogP contribution in [0.4, 0.5) is 0 Å². The quantitative estimate of drug-likeness (QED) is 0.793. The third kappa shape index (κ3) is 5.41. The first-order valence-corrected chi connectivity index (χ1v) is 10.6. The second-order valence-corrected chi connectivity index (χ2v) is 8.47. The summed E-state index contributed by atoms with van der Waals surface area (Å²) in [6, 6.07) is 1.49. The maximum absolute atomic E-state index is 12.5. The maximum atomic E-state index is 12.5. The molecule has 0 radical (unpaired) electrons. The first-order valence-electron chi connectivity index (χ1n) is 10.6. The number of nitrogens with one attached hydrogen (secondary N) is 1. The van der Waals surface area contributed by atoms with Gasteiger partial charge in [-0.2, -0.15) is 0 Å². The summed E-state index contributed by atoms with van der Waals surface area (Å²) in [5, 5.41) is 3.40. The standard InChI is InChI=1S/C20H38N4O/c1-17-3-4-18(2)24(17)16-13-22-11-14-23(15-12-22)20(25)6-5-19-7-9-21-10-8-19/h17-19,21H,3-16H2,1-2H3/t17-,18-/m0/s1. The van der Waals surface area contributed by atoms with Gasteiger partial charge >= 0.3 is 0 Å². The van der Waals surface area contributed by atoms with Crippen LogP contribution in [0, 0.1) is 5.92 Å². The molecular weight excluding hydrogens is 312 g/mol. The fourth-order valence-electron chi connectivity index (χ4n) is 4.82. The Balaban J connectivity index is 1.31. The van der Waals surface area contributed by atoms with Crippen LogP contribution >= 0.6 is 0 Å². The van der Waals surface area contributed by atoms with Gasteiger partial charge in [0.05, 0.1) is 0 Å². The molecule has 5 nitrogen and oxygen atoms in total. The first kappa shape index (κ1) is 19.1. The highest BCUT2D eigenvalue weighted by atomic mass is 16.2. The van der Waals surface area contributed by atoms with Crippen molar-refractivity contribution in [3.05, 3.63) is 0 Å². The Kier molecular flexibility index (Phi) is 7.14. The van der Waals surface area contributed by atoms with Crippen molar-refractivity contribution in [1.82, 2.24) is 20.0 Å². The summed E-state index contributed by atoms with van der Waals surface area (Å²) in [5.41, 5.74) is 0.